The molecule has 0 bridgehead atoms. The first-order valence-electron chi connectivity index (χ1n) is 6.41. The van der Waals surface area contributed by atoms with E-state index in [-0.39, 0.29) is 12.4 Å². The molecule has 4 atom stereocenters. The molecule has 1 aromatic heterocycles. The fourth-order valence-corrected chi connectivity index (χ4v) is 2.44. The summed E-state index contributed by atoms with van der Waals surface area (Å²) in [5.41, 5.74) is 5.78. The quantitative estimate of drug-likeness (QED) is 0.644. The minimum atomic E-state index is -0.609. The van der Waals surface area contributed by atoms with Gasteiger partial charge in [0.05, 0.1) is 6.61 Å². The van der Waals surface area contributed by atoms with Crippen molar-refractivity contribution in [3.8, 4) is 0 Å². The first kappa shape index (κ1) is 15.8. The molecular weight excluding hydrogens is 295 g/mol. The van der Waals surface area contributed by atoms with Crippen LogP contribution in [0.2, 0.25) is 0 Å². The Balaban J connectivity index is 2.32. The summed E-state index contributed by atoms with van der Waals surface area (Å²) in [5, 5.41) is 3.03. The zero-order valence-electron chi connectivity index (χ0n) is 11.5. The molecule has 1 saturated heterocycles. The number of anilines is 1. The molecule has 1 aromatic rings. The third-order valence-corrected chi connectivity index (χ3v) is 3.46. The third kappa shape index (κ3) is 3.34. The number of nitrogen functional groups attached to an aromatic ring is 1. The summed E-state index contributed by atoms with van der Waals surface area (Å²) in [5.74, 6) is 0.155. The fourth-order valence-electron chi connectivity index (χ4n) is 2.25. The lowest BCUT2D eigenvalue weighted by Crippen LogP contribution is -2.28. The van der Waals surface area contributed by atoms with Gasteiger partial charge < -0.3 is 15.0 Å². The molecule has 8 nitrogen and oxygen atoms in total. The Morgan fingerprint density at radius 2 is 2.48 bits per heavy atom. The SMILES string of the molecule is C/C=C/c1cn([C@H]2CC(N=O)[C@@H](COP)O2)c(=O)nc1N. The van der Waals surface area contributed by atoms with Crippen LogP contribution >= 0.6 is 9.47 Å². The number of hydrogen-bond donors (Lipinski definition) is 1. The number of ether oxygens (including phenoxy) is 1. The van der Waals surface area contributed by atoms with Crippen molar-refractivity contribution in [3.63, 3.8) is 0 Å². The first-order chi connectivity index (χ1) is 10.1. The summed E-state index contributed by atoms with van der Waals surface area (Å²) in [6.45, 7) is 2.04. The Kier molecular flexibility index (Phi) is 5.17. The van der Waals surface area contributed by atoms with Crippen LogP contribution in [0.4, 0.5) is 5.82 Å². The molecule has 1 aliphatic rings. The van der Waals surface area contributed by atoms with Gasteiger partial charge in [-0.15, -0.1) is 0 Å². The van der Waals surface area contributed by atoms with Gasteiger partial charge in [0.1, 0.15) is 24.2 Å². The van der Waals surface area contributed by atoms with E-state index in [0.29, 0.717) is 12.0 Å². The van der Waals surface area contributed by atoms with Gasteiger partial charge in [0.25, 0.3) is 0 Å². The van der Waals surface area contributed by atoms with E-state index in [1.54, 1.807) is 18.3 Å². The molecule has 2 unspecified atom stereocenters. The lowest BCUT2D eigenvalue weighted by molar-refractivity contribution is -0.0195. The van der Waals surface area contributed by atoms with E-state index in [0.717, 1.165) is 0 Å². The Hall–Kier alpha value is -1.63. The van der Waals surface area contributed by atoms with Crippen molar-refractivity contribution in [1.29, 1.82) is 0 Å². The van der Waals surface area contributed by atoms with Crippen molar-refractivity contribution < 1.29 is 9.26 Å². The second kappa shape index (κ2) is 6.89. The van der Waals surface area contributed by atoms with E-state index in [1.807, 2.05) is 6.92 Å². The van der Waals surface area contributed by atoms with E-state index < -0.39 is 24.1 Å². The molecule has 1 aliphatic heterocycles. The molecule has 2 heterocycles. The second-order valence-corrected chi connectivity index (χ2v) is 4.98. The molecule has 114 valence electrons. The van der Waals surface area contributed by atoms with Gasteiger partial charge in [0, 0.05) is 27.6 Å². The maximum absolute atomic E-state index is 12.0. The predicted octanol–water partition coefficient (Wildman–Crippen LogP) is 1.09. The fraction of sp³-hybridized carbons (Fsp3) is 0.500. The highest BCUT2D eigenvalue weighted by atomic mass is 31.0. The second-order valence-electron chi connectivity index (χ2n) is 4.64. The summed E-state index contributed by atoms with van der Waals surface area (Å²) in [6.07, 6.45) is 4.30. The van der Waals surface area contributed by atoms with E-state index in [4.69, 9.17) is 15.0 Å². The van der Waals surface area contributed by atoms with E-state index in [1.165, 1.54) is 4.57 Å². The van der Waals surface area contributed by atoms with Crippen molar-refractivity contribution in [2.75, 3.05) is 12.3 Å². The molecule has 0 spiro atoms. The Morgan fingerprint density at radius 1 is 1.71 bits per heavy atom. The minimum absolute atomic E-state index is 0.155. The Morgan fingerprint density at radius 3 is 3.10 bits per heavy atom. The van der Waals surface area contributed by atoms with Gasteiger partial charge in [-0.2, -0.15) is 9.89 Å². The molecule has 2 rings (SSSR count). The highest BCUT2D eigenvalue weighted by molar-refractivity contribution is 7.09. The standard InChI is InChI=1S/C12H17N4O4P/c1-2-3-7-5-16(12(17)14-11(7)13)10-4-8(15-18)9(20-10)6-19-21/h2-3,5,8-10H,4,6,21H2,1H3,(H2,13,14,17)/b3-2+/t8?,9-,10-/m1/s1. The maximum atomic E-state index is 12.0. The van der Waals surface area contributed by atoms with Crippen molar-refractivity contribution in [2.45, 2.75) is 31.7 Å². The van der Waals surface area contributed by atoms with Gasteiger partial charge in [0.2, 0.25) is 0 Å². The molecule has 0 aromatic carbocycles. The van der Waals surface area contributed by atoms with Crippen LogP contribution in [0.25, 0.3) is 6.08 Å². The molecule has 21 heavy (non-hydrogen) atoms. The predicted molar refractivity (Wildman–Crippen MR) is 81.4 cm³/mol. The lowest BCUT2D eigenvalue weighted by atomic mass is 10.1. The number of aromatic nitrogens is 2. The third-order valence-electron chi connectivity index (χ3n) is 3.27. The van der Waals surface area contributed by atoms with Crippen molar-refractivity contribution in [1.82, 2.24) is 9.55 Å². The van der Waals surface area contributed by atoms with Crippen molar-refractivity contribution in [2.24, 2.45) is 5.18 Å². The van der Waals surface area contributed by atoms with Crippen LogP contribution in [0.5, 0.6) is 0 Å². The Bertz CT molecular complexity index is 603. The lowest BCUT2D eigenvalue weighted by Gasteiger charge is -2.16. The number of nitrogens with zero attached hydrogens (tertiary/aromatic N) is 3. The summed E-state index contributed by atoms with van der Waals surface area (Å²) < 4.78 is 11.9. The van der Waals surface area contributed by atoms with Gasteiger partial charge in [0.15, 0.2) is 0 Å². The van der Waals surface area contributed by atoms with Crippen LogP contribution in [0.1, 0.15) is 25.1 Å². The number of hydrogen-bond acceptors (Lipinski definition) is 7. The number of nitroso groups, excluding NO2 is 1. The van der Waals surface area contributed by atoms with Gasteiger partial charge in [-0.3, -0.25) is 4.57 Å². The highest BCUT2D eigenvalue weighted by Crippen LogP contribution is 2.30. The van der Waals surface area contributed by atoms with Gasteiger partial charge >= 0.3 is 5.69 Å². The van der Waals surface area contributed by atoms with Crippen LogP contribution in [0, 0.1) is 4.91 Å². The molecular formula is C12H17N4O4P. The molecule has 0 radical (unpaired) electrons. The summed E-state index contributed by atoms with van der Waals surface area (Å²) in [4.78, 5) is 26.6. The van der Waals surface area contributed by atoms with Crippen LogP contribution in [0.15, 0.2) is 22.2 Å². The summed E-state index contributed by atoms with van der Waals surface area (Å²) >= 11 is 0. The van der Waals surface area contributed by atoms with Crippen molar-refractivity contribution in [3.05, 3.63) is 33.2 Å². The highest BCUT2D eigenvalue weighted by Gasteiger charge is 2.38. The number of nitrogens with two attached hydrogens (primary N) is 1. The first-order valence-corrected chi connectivity index (χ1v) is 6.88. The van der Waals surface area contributed by atoms with Crippen LogP contribution in [0.3, 0.4) is 0 Å². The zero-order chi connectivity index (χ0) is 15.4. The molecule has 0 amide bonds. The van der Waals surface area contributed by atoms with Crippen LogP contribution in [-0.4, -0.2) is 28.3 Å². The van der Waals surface area contributed by atoms with Crippen molar-refractivity contribution >= 4 is 21.4 Å². The van der Waals surface area contributed by atoms with Crippen LogP contribution < -0.4 is 11.4 Å². The topological polar surface area (TPSA) is 109 Å². The summed E-state index contributed by atoms with van der Waals surface area (Å²) in [6, 6.07) is -0.565. The van der Waals surface area contributed by atoms with E-state index in [2.05, 4.69) is 19.6 Å². The molecule has 0 aliphatic carbocycles. The van der Waals surface area contributed by atoms with E-state index in [9.17, 15) is 9.70 Å². The average Bonchev–Trinajstić information content (AvgIpc) is 2.85. The largest absolute Gasteiger partial charge is 0.383 e. The molecule has 9 heteroatoms. The molecule has 0 saturated carbocycles. The average molecular weight is 312 g/mol. The van der Waals surface area contributed by atoms with Crippen LogP contribution in [-0.2, 0) is 9.26 Å². The maximum Gasteiger partial charge on any atom is 0.351 e. The van der Waals surface area contributed by atoms with Gasteiger partial charge in [-0.25, -0.2) is 4.79 Å². The smallest absolute Gasteiger partial charge is 0.351 e. The Labute approximate surface area is 123 Å². The molecule has 1 fully saturated rings. The molecule has 2 N–H and O–H groups in total. The number of rotatable bonds is 5. The van der Waals surface area contributed by atoms with Gasteiger partial charge in [-0.05, 0) is 6.92 Å². The zero-order valence-corrected chi connectivity index (χ0v) is 12.7. The monoisotopic (exact) mass is 312 g/mol. The summed E-state index contributed by atoms with van der Waals surface area (Å²) in [7, 11) is 2.09. The van der Waals surface area contributed by atoms with Gasteiger partial charge in [-0.1, -0.05) is 17.3 Å². The van der Waals surface area contributed by atoms with E-state index >= 15 is 0 Å². The minimum Gasteiger partial charge on any atom is -0.383 e. The normalized spacial score (nSPS) is 25.5. The number of allylic oxidation sites excluding steroid dienone is 1.